The minimum atomic E-state index is -2.61. The molecular weight excluding hydrogens is 314 g/mol. The van der Waals surface area contributed by atoms with Crippen molar-refractivity contribution in [1.82, 2.24) is 10.2 Å². The van der Waals surface area contributed by atoms with Crippen LogP contribution in [-0.2, 0) is 4.79 Å². The Morgan fingerprint density at radius 1 is 1.29 bits per heavy atom. The number of para-hydroxylation sites is 1. The van der Waals surface area contributed by atoms with Crippen LogP contribution in [-0.4, -0.2) is 43.5 Å². The second-order valence-electron chi connectivity index (χ2n) is 6.62. The molecule has 1 N–H and O–H groups in total. The maximum absolute atomic E-state index is 13.4. The van der Waals surface area contributed by atoms with Crippen LogP contribution in [0.3, 0.4) is 0 Å². The van der Waals surface area contributed by atoms with Crippen LogP contribution in [0.1, 0.15) is 37.3 Å². The van der Waals surface area contributed by atoms with Crippen molar-refractivity contribution in [3.8, 4) is 5.75 Å². The summed E-state index contributed by atoms with van der Waals surface area (Å²) in [4.78, 5) is 14.8. The molecule has 2 aliphatic rings. The molecule has 0 aromatic heterocycles. The van der Waals surface area contributed by atoms with Crippen molar-refractivity contribution in [2.75, 3.05) is 26.7 Å². The number of carbonyl (C=O) groups excluding carboxylic acids is 1. The van der Waals surface area contributed by atoms with Crippen LogP contribution < -0.4 is 10.1 Å². The van der Waals surface area contributed by atoms with Crippen molar-refractivity contribution in [2.24, 2.45) is 5.92 Å². The smallest absolute Gasteiger partial charge is 0.248 e. The van der Waals surface area contributed by atoms with Crippen molar-refractivity contribution in [2.45, 2.75) is 37.6 Å². The van der Waals surface area contributed by atoms with Crippen LogP contribution in [0.15, 0.2) is 24.3 Å². The highest BCUT2D eigenvalue weighted by molar-refractivity contribution is 5.79. The van der Waals surface area contributed by atoms with Gasteiger partial charge in [0, 0.05) is 44.0 Å². The molecule has 1 saturated heterocycles. The van der Waals surface area contributed by atoms with Gasteiger partial charge in [0.1, 0.15) is 5.75 Å². The van der Waals surface area contributed by atoms with Crippen molar-refractivity contribution >= 4 is 5.91 Å². The average Bonchev–Trinajstić information content (AvgIpc) is 2.61. The Kier molecular flexibility index (Phi) is 5.04. The predicted molar refractivity (Wildman–Crippen MR) is 87.2 cm³/mol. The van der Waals surface area contributed by atoms with Gasteiger partial charge in [0.25, 0.3) is 0 Å². The second kappa shape index (κ2) is 7.05. The van der Waals surface area contributed by atoms with E-state index in [1.165, 1.54) is 0 Å². The van der Waals surface area contributed by atoms with Gasteiger partial charge in [-0.1, -0.05) is 18.2 Å². The van der Waals surface area contributed by atoms with Gasteiger partial charge in [-0.15, -0.1) is 0 Å². The molecule has 1 heterocycles. The molecule has 1 aliphatic heterocycles. The van der Waals surface area contributed by atoms with E-state index < -0.39 is 5.92 Å². The molecule has 1 aliphatic carbocycles. The fourth-order valence-corrected chi connectivity index (χ4v) is 3.71. The van der Waals surface area contributed by atoms with E-state index in [-0.39, 0.29) is 43.6 Å². The van der Waals surface area contributed by atoms with Crippen LogP contribution >= 0.6 is 0 Å². The zero-order valence-corrected chi connectivity index (χ0v) is 13.9. The molecule has 0 bridgehead atoms. The summed E-state index contributed by atoms with van der Waals surface area (Å²) >= 11 is 0. The Labute approximate surface area is 141 Å². The molecule has 0 spiro atoms. The summed E-state index contributed by atoms with van der Waals surface area (Å²) in [6.45, 7) is 1.96. The van der Waals surface area contributed by atoms with E-state index in [1.807, 2.05) is 29.2 Å². The van der Waals surface area contributed by atoms with E-state index in [4.69, 9.17) is 4.74 Å². The zero-order chi connectivity index (χ0) is 17.2. The summed E-state index contributed by atoms with van der Waals surface area (Å²) < 4.78 is 32.2. The van der Waals surface area contributed by atoms with Crippen molar-refractivity contribution in [3.63, 3.8) is 0 Å². The number of benzene rings is 1. The fourth-order valence-electron chi connectivity index (χ4n) is 3.71. The predicted octanol–water partition coefficient (Wildman–Crippen LogP) is 2.99. The number of ether oxygens (including phenoxy) is 1. The van der Waals surface area contributed by atoms with Crippen LogP contribution in [0.2, 0.25) is 0 Å². The van der Waals surface area contributed by atoms with Crippen LogP contribution in [0.4, 0.5) is 8.78 Å². The Bertz CT molecular complexity index is 584. The van der Waals surface area contributed by atoms with E-state index in [2.05, 4.69) is 5.32 Å². The number of rotatable bonds is 3. The van der Waals surface area contributed by atoms with Gasteiger partial charge >= 0.3 is 0 Å². The van der Waals surface area contributed by atoms with Crippen molar-refractivity contribution in [3.05, 3.63) is 29.8 Å². The first-order valence-electron chi connectivity index (χ1n) is 8.54. The topological polar surface area (TPSA) is 41.6 Å². The highest BCUT2D eigenvalue weighted by atomic mass is 19.3. The van der Waals surface area contributed by atoms with Gasteiger partial charge in [0.2, 0.25) is 11.8 Å². The molecule has 132 valence electrons. The van der Waals surface area contributed by atoms with Gasteiger partial charge in [-0.25, -0.2) is 8.78 Å². The summed E-state index contributed by atoms with van der Waals surface area (Å²) in [6, 6.07) is 7.55. The summed E-state index contributed by atoms with van der Waals surface area (Å²) in [7, 11) is 1.62. The van der Waals surface area contributed by atoms with E-state index in [1.54, 1.807) is 7.11 Å². The maximum atomic E-state index is 13.4. The van der Waals surface area contributed by atoms with Crippen molar-refractivity contribution < 1.29 is 18.3 Å². The Morgan fingerprint density at radius 3 is 2.71 bits per heavy atom. The minimum Gasteiger partial charge on any atom is -0.496 e. The number of methoxy groups -OCH3 is 1. The Balaban J connectivity index is 1.78. The number of amides is 1. The van der Waals surface area contributed by atoms with Crippen molar-refractivity contribution in [1.29, 1.82) is 0 Å². The molecular formula is C18H24F2N2O2. The monoisotopic (exact) mass is 338 g/mol. The molecule has 24 heavy (non-hydrogen) atoms. The SMILES string of the molecule is COc1ccccc1[C@H]1CNCCN1C(=O)C1CCC(F)(F)CC1. The zero-order valence-electron chi connectivity index (χ0n) is 13.9. The van der Waals surface area contributed by atoms with E-state index in [0.29, 0.717) is 13.1 Å². The molecule has 6 heteroatoms. The standard InChI is InChI=1S/C18H24F2N2O2/c1-24-16-5-3-2-4-14(16)15-12-21-10-11-22(15)17(23)13-6-8-18(19,20)9-7-13/h2-5,13,15,21H,6-12H2,1H3/t15-/m1/s1. The first-order chi connectivity index (χ1) is 11.5. The molecule has 2 fully saturated rings. The first-order valence-corrected chi connectivity index (χ1v) is 8.54. The minimum absolute atomic E-state index is 0.00269. The number of nitrogens with zero attached hydrogens (tertiary/aromatic N) is 1. The number of piperazine rings is 1. The number of alkyl halides is 2. The quantitative estimate of drug-likeness (QED) is 0.921. The average molecular weight is 338 g/mol. The molecule has 1 amide bonds. The summed E-state index contributed by atoms with van der Waals surface area (Å²) in [5, 5.41) is 3.32. The molecule has 1 aromatic carbocycles. The van der Waals surface area contributed by atoms with E-state index >= 15 is 0 Å². The fraction of sp³-hybridized carbons (Fsp3) is 0.611. The summed E-state index contributed by atoms with van der Waals surface area (Å²) in [6.07, 6.45) is 0.173. The lowest BCUT2D eigenvalue weighted by Crippen LogP contribution is -2.51. The largest absolute Gasteiger partial charge is 0.496 e. The van der Waals surface area contributed by atoms with Gasteiger partial charge in [-0.05, 0) is 18.9 Å². The Hall–Kier alpha value is -1.69. The normalized spacial score (nSPS) is 24.6. The molecule has 4 nitrogen and oxygen atoms in total. The summed E-state index contributed by atoms with van der Waals surface area (Å²) in [5.74, 6) is -2.15. The van der Waals surface area contributed by atoms with Gasteiger partial charge < -0.3 is 15.0 Å². The maximum Gasteiger partial charge on any atom is 0.248 e. The molecule has 1 atom stereocenters. The molecule has 1 saturated carbocycles. The van der Waals surface area contributed by atoms with Gasteiger partial charge in [-0.2, -0.15) is 0 Å². The van der Waals surface area contributed by atoms with E-state index in [0.717, 1.165) is 17.9 Å². The number of nitrogens with one attached hydrogen (secondary N) is 1. The highest BCUT2D eigenvalue weighted by Gasteiger charge is 2.40. The Morgan fingerprint density at radius 2 is 2.00 bits per heavy atom. The number of halogens is 2. The number of hydrogen-bond acceptors (Lipinski definition) is 3. The third kappa shape index (κ3) is 3.53. The van der Waals surface area contributed by atoms with Crippen LogP contribution in [0.5, 0.6) is 5.75 Å². The molecule has 3 rings (SSSR count). The van der Waals surface area contributed by atoms with Crippen LogP contribution in [0.25, 0.3) is 0 Å². The lowest BCUT2D eigenvalue weighted by atomic mass is 9.85. The second-order valence-corrected chi connectivity index (χ2v) is 6.62. The third-order valence-corrected chi connectivity index (χ3v) is 5.09. The lowest BCUT2D eigenvalue weighted by molar-refractivity contribution is -0.143. The van der Waals surface area contributed by atoms with Gasteiger partial charge in [0.15, 0.2) is 0 Å². The highest BCUT2D eigenvalue weighted by Crippen LogP contribution is 2.38. The number of carbonyl (C=O) groups is 1. The first kappa shape index (κ1) is 17.1. The van der Waals surface area contributed by atoms with Gasteiger partial charge in [-0.3, -0.25) is 4.79 Å². The summed E-state index contributed by atoms with van der Waals surface area (Å²) in [5.41, 5.74) is 0.960. The molecule has 0 unspecified atom stereocenters. The van der Waals surface area contributed by atoms with E-state index in [9.17, 15) is 13.6 Å². The number of hydrogen-bond donors (Lipinski definition) is 1. The van der Waals surface area contributed by atoms with Crippen LogP contribution in [0, 0.1) is 5.92 Å². The molecule has 1 aromatic rings. The van der Waals surface area contributed by atoms with Gasteiger partial charge in [0.05, 0.1) is 13.2 Å². The third-order valence-electron chi connectivity index (χ3n) is 5.09. The molecule has 0 radical (unpaired) electrons. The lowest BCUT2D eigenvalue weighted by Gasteiger charge is -2.40.